The van der Waals surface area contributed by atoms with Gasteiger partial charge < -0.3 is 15.5 Å². The van der Waals surface area contributed by atoms with Gasteiger partial charge in [-0.05, 0) is 29.7 Å². The summed E-state index contributed by atoms with van der Waals surface area (Å²) in [4.78, 5) is 15.5. The van der Waals surface area contributed by atoms with E-state index in [4.69, 9.17) is 11.6 Å². The van der Waals surface area contributed by atoms with Crippen molar-refractivity contribution in [1.82, 2.24) is 4.98 Å². The van der Waals surface area contributed by atoms with Gasteiger partial charge in [0.25, 0.3) is 0 Å². The number of anilines is 1. The van der Waals surface area contributed by atoms with E-state index >= 15 is 0 Å². The molecule has 0 radical (unpaired) electrons. The van der Waals surface area contributed by atoms with Crippen LogP contribution in [0.4, 0.5) is 5.69 Å². The second-order valence-corrected chi connectivity index (χ2v) is 6.98. The van der Waals surface area contributed by atoms with Crippen LogP contribution in [-0.2, 0) is 12.8 Å². The van der Waals surface area contributed by atoms with Gasteiger partial charge in [0.1, 0.15) is 0 Å². The van der Waals surface area contributed by atoms with Gasteiger partial charge in [-0.25, -0.2) is 4.79 Å². The number of rotatable bonds is 3. The Morgan fingerprint density at radius 2 is 1.92 bits per heavy atom. The number of aromatic carboxylic acids is 1. The Bertz CT molecular complexity index is 988. The predicted octanol–water partition coefficient (Wildman–Crippen LogP) is 3.53. The molecule has 26 heavy (non-hydrogen) atoms. The molecule has 1 aliphatic heterocycles. The normalized spacial score (nSPS) is 19.0. The Kier molecular flexibility index (Phi) is 4.26. The van der Waals surface area contributed by atoms with Gasteiger partial charge in [0.05, 0.1) is 17.7 Å². The summed E-state index contributed by atoms with van der Waals surface area (Å²) in [5.74, 6) is -1.00. The van der Waals surface area contributed by atoms with Gasteiger partial charge in [0.2, 0.25) is 0 Å². The second kappa shape index (κ2) is 6.59. The van der Waals surface area contributed by atoms with Crippen molar-refractivity contribution in [2.45, 2.75) is 25.0 Å². The summed E-state index contributed by atoms with van der Waals surface area (Å²) in [5.41, 5.74) is 3.05. The Morgan fingerprint density at radius 3 is 2.65 bits per heavy atom. The Labute approximate surface area is 155 Å². The summed E-state index contributed by atoms with van der Waals surface area (Å²) < 4.78 is 0. The van der Waals surface area contributed by atoms with Gasteiger partial charge in [0.15, 0.2) is 0 Å². The lowest BCUT2D eigenvalue weighted by molar-refractivity contribution is 0.0698. The van der Waals surface area contributed by atoms with Gasteiger partial charge in [-0.15, -0.1) is 0 Å². The predicted molar refractivity (Wildman–Crippen MR) is 101 cm³/mol. The Morgan fingerprint density at radius 1 is 1.15 bits per heavy atom. The molecule has 0 fully saturated rings. The van der Waals surface area contributed by atoms with E-state index in [1.165, 1.54) is 6.20 Å². The number of halogens is 1. The van der Waals surface area contributed by atoms with Crippen LogP contribution in [0.3, 0.4) is 0 Å². The summed E-state index contributed by atoms with van der Waals surface area (Å²) in [5, 5.41) is 25.4. The van der Waals surface area contributed by atoms with Crippen LogP contribution in [-0.4, -0.2) is 33.3 Å². The van der Waals surface area contributed by atoms with Crippen LogP contribution in [0.1, 0.15) is 21.5 Å². The van der Waals surface area contributed by atoms with Crippen LogP contribution < -0.4 is 5.32 Å². The number of carbonyl (C=O) groups is 1. The number of pyridine rings is 1. The van der Waals surface area contributed by atoms with Crippen molar-refractivity contribution in [3.05, 3.63) is 70.5 Å². The first-order valence-corrected chi connectivity index (χ1v) is 8.72. The number of carboxylic acids is 1. The maximum absolute atomic E-state index is 11.5. The third-order valence-electron chi connectivity index (χ3n) is 4.85. The first-order valence-electron chi connectivity index (χ1n) is 8.35. The highest BCUT2D eigenvalue weighted by molar-refractivity contribution is 6.30. The minimum Gasteiger partial charge on any atom is -0.478 e. The van der Waals surface area contributed by atoms with Gasteiger partial charge >= 0.3 is 5.97 Å². The number of carboxylic acid groups (broad SMARTS) is 1. The molecule has 0 spiro atoms. The van der Waals surface area contributed by atoms with Crippen molar-refractivity contribution in [3.63, 3.8) is 0 Å². The zero-order valence-corrected chi connectivity index (χ0v) is 14.6. The molecule has 3 aromatic rings. The third kappa shape index (κ3) is 3.00. The molecular formula is C20H17ClN2O3. The second-order valence-electron chi connectivity index (χ2n) is 6.54. The molecule has 132 valence electrons. The van der Waals surface area contributed by atoms with E-state index in [2.05, 4.69) is 10.3 Å². The number of nitrogens with zero attached hydrogens (tertiary/aromatic N) is 1. The molecule has 0 bridgehead atoms. The molecule has 5 nitrogen and oxygen atoms in total. The van der Waals surface area contributed by atoms with E-state index in [9.17, 15) is 15.0 Å². The Hall–Kier alpha value is -2.63. The number of aromatic nitrogens is 1. The van der Waals surface area contributed by atoms with Gasteiger partial charge in [-0.1, -0.05) is 35.9 Å². The maximum Gasteiger partial charge on any atom is 0.337 e. The highest BCUT2D eigenvalue weighted by Gasteiger charge is 2.28. The van der Waals surface area contributed by atoms with Crippen LogP contribution in [0.25, 0.3) is 10.8 Å². The summed E-state index contributed by atoms with van der Waals surface area (Å²) >= 11 is 5.94. The lowest BCUT2D eigenvalue weighted by Crippen LogP contribution is -2.40. The van der Waals surface area contributed by atoms with Crippen molar-refractivity contribution in [2.75, 3.05) is 5.32 Å². The van der Waals surface area contributed by atoms with E-state index < -0.39 is 12.1 Å². The monoisotopic (exact) mass is 368 g/mol. The van der Waals surface area contributed by atoms with Crippen molar-refractivity contribution in [2.24, 2.45) is 0 Å². The molecule has 0 saturated carbocycles. The minimum absolute atomic E-state index is 0.174. The van der Waals surface area contributed by atoms with Crippen LogP contribution >= 0.6 is 11.6 Å². The molecular weight excluding hydrogens is 352 g/mol. The molecule has 2 unspecified atom stereocenters. The number of hydrogen-bond acceptors (Lipinski definition) is 4. The van der Waals surface area contributed by atoms with E-state index in [-0.39, 0.29) is 11.6 Å². The molecule has 6 heteroatoms. The molecule has 0 aliphatic carbocycles. The smallest absolute Gasteiger partial charge is 0.337 e. The van der Waals surface area contributed by atoms with E-state index in [0.717, 1.165) is 22.2 Å². The summed E-state index contributed by atoms with van der Waals surface area (Å²) in [6.07, 6.45) is 3.64. The standard InChI is InChI=1S/C20H17ClN2O3/c21-13-4-1-11(2-5-13)7-17-18(24)8-12-3-6-14-15(19(12)23-17)9-22-10-16(14)20(25)26/h1-6,9-10,17-18,23-24H,7-8H2,(H,25,26). The zero-order chi connectivity index (χ0) is 18.3. The molecule has 0 amide bonds. The van der Waals surface area contributed by atoms with Crippen molar-refractivity contribution in [3.8, 4) is 0 Å². The van der Waals surface area contributed by atoms with E-state index in [1.807, 2.05) is 30.3 Å². The number of hydrogen-bond donors (Lipinski definition) is 3. The van der Waals surface area contributed by atoms with E-state index in [0.29, 0.717) is 23.3 Å². The number of benzene rings is 2. The first kappa shape index (κ1) is 16.8. The molecule has 2 aromatic carbocycles. The van der Waals surface area contributed by atoms with Gasteiger partial charge in [0, 0.05) is 40.3 Å². The van der Waals surface area contributed by atoms with Gasteiger partial charge in [-0.2, -0.15) is 0 Å². The lowest BCUT2D eigenvalue weighted by atomic mass is 9.89. The largest absolute Gasteiger partial charge is 0.478 e. The quantitative estimate of drug-likeness (QED) is 0.658. The topological polar surface area (TPSA) is 82.5 Å². The SMILES string of the molecule is O=C(O)c1cncc2c3c(ccc12)CC(O)C(Cc1ccc(Cl)cc1)N3. The number of aliphatic hydroxyl groups excluding tert-OH is 1. The fraction of sp³-hybridized carbons (Fsp3) is 0.200. The average molecular weight is 369 g/mol. The molecule has 1 aromatic heterocycles. The lowest BCUT2D eigenvalue weighted by Gasteiger charge is -2.32. The molecule has 1 aliphatic rings. The molecule has 4 rings (SSSR count). The first-order chi connectivity index (χ1) is 12.5. The van der Waals surface area contributed by atoms with Gasteiger partial charge in [-0.3, -0.25) is 4.98 Å². The summed E-state index contributed by atoms with van der Waals surface area (Å²) in [7, 11) is 0. The number of aliphatic hydroxyl groups is 1. The fourth-order valence-electron chi connectivity index (χ4n) is 3.51. The highest BCUT2D eigenvalue weighted by atomic mass is 35.5. The number of nitrogens with one attached hydrogen (secondary N) is 1. The highest BCUT2D eigenvalue weighted by Crippen LogP contribution is 2.34. The summed E-state index contributed by atoms with van der Waals surface area (Å²) in [6.45, 7) is 0. The maximum atomic E-state index is 11.5. The number of fused-ring (bicyclic) bond motifs is 3. The third-order valence-corrected chi connectivity index (χ3v) is 5.10. The molecule has 0 saturated heterocycles. The van der Waals surface area contributed by atoms with Crippen molar-refractivity contribution < 1.29 is 15.0 Å². The van der Waals surface area contributed by atoms with Crippen LogP contribution in [0.2, 0.25) is 5.02 Å². The van der Waals surface area contributed by atoms with E-state index in [1.54, 1.807) is 12.3 Å². The van der Waals surface area contributed by atoms with Crippen LogP contribution in [0.15, 0.2) is 48.8 Å². The van der Waals surface area contributed by atoms with Crippen LogP contribution in [0.5, 0.6) is 0 Å². The van der Waals surface area contributed by atoms with Crippen LogP contribution in [0, 0.1) is 0 Å². The average Bonchev–Trinajstić information content (AvgIpc) is 2.63. The Balaban J connectivity index is 1.72. The molecule has 2 atom stereocenters. The minimum atomic E-state index is -1.00. The molecule has 2 heterocycles. The molecule has 3 N–H and O–H groups in total. The van der Waals surface area contributed by atoms with Crippen molar-refractivity contribution >= 4 is 34.0 Å². The summed E-state index contributed by atoms with van der Waals surface area (Å²) in [6, 6.07) is 11.0. The van der Waals surface area contributed by atoms with Crippen molar-refractivity contribution in [1.29, 1.82) is 0 Å². The zero-order valence-electron chi connectivity index (χ0n) is 13.8. The fourth-order valence-corrected chi connectivity index (χ4v) is 3.64.